The standard InChI is InChI=1S/C11H10BrNO/c12-7-2-1-4-9-5-3-6-10(8-9)11(13)14/h3,5-6,8H,2,7H2,(H2,13,14). The molecule has 0 fully saturated rings. The maximum Gasteiger partial charge on any atom is 0.248 e. The van der Waals surface area contributed by atoms with Gasteiger partial charge in [-0.15, -0.1) is 0 Å². The van der Waals surface area contributed by atoms with Gasteiger partial charge >= 0.3 is 0 Å². The first-order chi connectivity index (χ1) is 6.74. The third kappa shape index (κ3) is 3.23. The normalized spacial score (nSPS) is 8.93. The van der Waals surface area contributed by atoms with Gasteiger partial charge in [-0.3, -0.25) is 4.79 Å². The Morgan fingerprint density at radius 3 is 2.93 bits per heavy atom. The predicted molar refractivity (Wildman–Crippen MR) is 60.2 cm³/mol. The van der Waals surface area contributed by atoms with Gasteiger partial charge in [-0.1, -0.05) is 33.8 Å². The van der Waals surface area contributed by atoms with Crippen molar-refractivity contribution in [3.8, 4) is 11.8 Å². The quantitative estimate of drug-likeness (QED) is 0.634. The predicted octanol–water partition coefficient (Wildman–Crippen LogP) is 1.92. The first kappa shape index (κ1) is 10.8. The minimum absolute atomic E-state index is 0.422. The van der Waals surface area contributed by atoms with Crippen LogP contribution in [0.5, 0.6) is 0 Å². The Morgan fingerprint density at radius 2 is 2.29 bits per heavy atom. The van der Waals surface area contributed by atoms with Gasteiger partial charge in [-0.25, -0.2) is 0 Å². The summed E-state index contributed by atoms with van der Waals surface area (Å²) >= 11 is 3.28. The van der Waals surface area contributed by atoms with Gasteiger partial charge in [0.25, 0.3) is 0 Å². The molecule has 0 aliphatic carbocycles. The van der Waals surface area contributed by atoms with E-state index in [0.717, 1.165) is 17.3 Å². The van der Waals surface area contributed by atoms with Crippen molar-refractivity contribution in [3.63, 3.8) is 0 Å². The Hall–Kier alpha value is -1.27. The Kier molecular flexibility index (Phi) is 4.21. The number of primary amides is 1. The van der Waals surface area contributed by atoms with Crippen molar-refractivity contribution in [2.75, 3.05) is 5.33 Å². The third-order valence-corrected chi connectivity index (χ3v) is 2.00. The molecule has 0 saturated heterocycles. The van der Waals surface area contributed by atoms with Gasteiger partial charge in [0.05, 0.1) is 0 Å². The molecular weight excluding hydrogens is 242 g/mol. The molecule has 0 aromatic heterocycles. The number of hydrogen-bond donors (Lipinski definition) is 1. The monoisotopic (exact) mass is 251 g/mol. The molecule has 1 rings (SSSR count). The fourth-order valence-corrected chi connectivity index (χ4v) is 1.16. The Balaban J connectivity index is 2.85. The highest BCUT2D eigenvalue weighted by Gasteiger charge is 1.98. The molecule has 2 nitrogen and oxygen atoms in total. The zero-order chi connectivity index (χ0) is 10.4. The number of nitrogens with two attached hydrogens (primary N) is 1. The van der Waals surface area contributed by atoms with Crippen molar-refractivity contribution in [3.05, 3.63) is 35.4 Å². The molecule has 0 spiro atoms. The zero-order valence-electron chi connectivity index (χ0n) is 7.59. The van der Waals surface area contributed by atoms with Crippen molar-refractivity contribution in [2.24, 2.45) is 5.73 Å². The number of amides is 1. The van der Waals surface area contributed by atoms with Crippen LogP contribution >= 0.6 is 15.9 Å². The highest BCUT2D eigenvalue weighted by molar-refractivity contribution is 9.09. The molecule has 3 heteroatoms. The van der Waals surface area contributed by atoms with Crippen LogP contribution in [0, 0.1) is 11.8 Å². The van der Waals surface area contributed by atoms with Gasteiger partial charge in [0, 0.05) is 22.9 Å². The van der Waals surface area contributed by atoms with E-state index < -0.39 is 5.91 Å². The van der Waals surface area contributed by atoms with Crippen molar-refractivity contribution in [1.82, 2.24) is 0 Å². The molecule has 0 aliphatic heterocycles. The highest BCUT2D eigenvalue weighted by atomic mass is 79.9. The Bertz CT molecular complexity index is 390. The average Bonchev–Trinajstić information content (AvgIpc) is 2.19. The minimum atomic E-state index is -0.422. The second-order valence-electron chi connectivity index (χ2n) is 2.69. The van der Waals surface area contributed by atoms with E-state index in [2.05, 4.69) is 27.8 Å². The number of carbonyl (C=O) groups excluding carboxylic acids is 1. The van der Waals surface area contributed by atoms with E-state index in [-0.39, 0.29) is 0 Å². The zero-order valence-corrected chi connectivity index (χ0v) is 9.17. The van der Waals surface area contributed by atoms with Crippen LogP contribution < -0.4 is 5.73 Å². The maximum absolute atomic E-state index is 10.8. The van der Waals surface area contributed by atoms with Gasteiger partial charge < -0.3 is 5.73 Å². The second kappa shape index (κ2) is 5.46. The smallest absolute Gasteiger partial charge is 0.248 e. The summed E-state index contributed by atoms with van der Waals surface area (Å²) in [5.41, 5.74) is 6.46. The second-order valence-corrected chi connectivity index (χ2v) is 3.48. The van der Waals surface area contributed by atoms with Crippen LogP contribution in [0.3, 0.4) is 0 Å². The fraction of sp³-hybridized carbons (Fsp3) is 0.182. The number of rotatable bonds is 2. The first-order valence-corrected chi connectivity index (χ1v) is 5.31. The topological polar surface area (TPSA) is 43.1 Å². The SMILES string of the molecule is NC(=O)c1cccc(C#CCCBr)c1. The molecule has 1 amide bonds. The highest BCUT2D eigenvalue weighted by Crippen LogP contribution is 2.03. The molecule has 0 radical (unpaired) electrons. The van der Waals surface area contributed by atoms with Crippen LogP contribution in [0.25, 0.3) is 0 Å². The van der Waals surface area contributed by atoms with E-state index in [1.54, 1.807) is 18.2 Å². The summed E-state index contributed by atoms with van der Waals surface area (Å²) in [6, 6.07) is 7.01. The fourth-order valence-electron chi connectivity index (χ4n) is 0.962. The van der Waals surface area contributed by atoms with Gasteiger partial charge in [-0.2, -0.15) is 0 Å². The molecule has 2 N–H and O–H groups in total. The molecule has 0 heterocycles. The Morgan fingerprint density at radius 1 is 1.50 bits per heavy atom. The lowest BCUT2D eigenvalue weighted by atomic mass is 10.1. The van der Waals surface area contributed by atoms with Gasteiger partial charge in [0.15, 0.2) is 0 Å². The number of halogens is 1. The average molecular weight is 252 g/mol. The molecule has 72 valence electrons. The van der Waals surface area contributed by atoms with Crippen molar-refractivity contribution in [2.45, 2.75) is 6.42 Å². The molecule has 1 aromatic carbocycles. The number of alkyl halides is 1. The van der Waals surface area contributed by atoms with Crippen LogP contribution in [-0.4, -0.2) is 11.2 Å². The van der Waals surface area contributed by atoms with E-state index in [4.69, 9.17) is 5.73 Å². The molecule has 14 heavy (non-hydrogen) atoms. The maximum atomic E-state index is 10.8. The molecule has 0 aliphatic rings. The largest absolute Gasteiger partial charge is 0.366 e. The van der Waals surface area contributed by atoms with Crippen LogP contribution in [0.2, 0.25) is 0 Å². The minimum Gasteiger partial charge on any atom is -0.366 e. The first-order valence-electron chi connectivity index (χ1n) is 4.18. The summed E-state index contributed by atoms with van der Waals surface area (Å²) in [5.74, 6) is 5.50. The van der Waals surface area contributed by atoms with Crippen LogP contribution in [0.1, 0.15) is 22.3 Å². The Labute approximate surface area is 91.6 Å². The van der Waals surface area contributed by atoms with Gasteiger partial charge in [0.1, 0.15) is 0 Å². The molecule has 0 saturated carbocycles. The number of benzene rings is 1. The molecule has 0 bridgehead atoms. The number of hydrogen-bond acceptors (Lipinski definition) is 1. The lowest BCUT2D eigenvalue weighted by Gasteiger charge is -1.94. The molecule has 1 aromatic rings. The van der Waals surface area contributed by atoms with Crippen LogP contribution in [0.4, 0.5) is 0 Å². The molecular formula is C11H10BrNO. The van der Waals surface area contributed by atoms with E-state index in [0.29, 0.717) is 5.56 Å². The summed E-state index contributed by atoms with van der Waals surface area (Å²) in [5, 5.41) is 0.857. The van der Waals surface area contributed by atoms with E-state index in [9.17, 15) is 4.79 Å². The summed E-state index contributed by atoms with van der Waals surface area (Å²) in [6.45, 7) is 0. The summed E-state index contributed by atoms with van der Waals surface area (Å²) in [4.78, 5) is 10.8. The van der Waals surface area contributed by atoms with E-state index in [1.807, 2.05) is 6.07 Å². The molecule has 0 atom stereocenters. The molecule has 0 unspecified atom stereocenters. The summed E-state index contributed by atoms with van der Waals surface area (Å²) < 4.78 is 0. The van der Waals surface area contributed by atoms with Crippen molar-refractivity contribution < 1.29 is 4.79 Å². The summed E-state index contributed by atoms with van der Waals surface area (Å²) in [7, 11) is 0. The third-order valence-electron chi connectivity index (χ3n) is 1.60. The van der Waals surface area contributed by atoms with Crippen LogP contribution in [-0.2, 0) is 0 Å². The number of carbonyl (C=O) groups is 1. The van der Waals surface area contributed by atoms with Crippen LogP contribution in [0.15, 0.2) is 24.3 Å². The van der Waals surface area contributed by atoms with Crippen molar-refractivity contribution in [1.29, 1.82) is 0 Å². The van der Waals surface area contributed by atoms with Gasteiger partial charge in [0.2, 0.25) is 5.91 Å². The lowest BCUT2D eigenvalue weighted by molar-refractivity contribution is 0.100. The van der Waals surface area contributed by atoms with Gasteiger partial charge in [-0.05, 0) is 18.2 Å². The summed E-state index contributed by atoms with van der Waals surface area (Å²) in [6.07, 6.45) is 0.792. The van der Waals surface area contributed by atoms with Crippen molar-refractivity contribution >= 4 is 21.8 Å². The van der Waals surface area contributed by atoms with E-state index >= 15 is 0 Å². The van der Waals surface area contributed by atoms with E-state index in [1.165, 1.54) is 0 Å². The lowest BCUT2D eigenvalue weighted by Crippen LogP contribution is -2.10.